The van der Waals surface area contributed by atoms with E-state index in [9.17, 15) is 9.18 Å². The summed E-state index contributed by atoms with van der Waals surface area (Å²) in [6.45, 7) is 1.66. The average molecular weight is 333 g/mol. The molecule has 1 amide bonds. The number of rotatable bonds is 2. The summed E-state index contributed by atoms with van der Waals surface area (Å²) in [5.74, 6) is 0.290. The molecule has 2 N–H and O–H groups in total. The molecule has 2 aliphatic heterocycles. The number of hydrogen-bond donors (Lipinski definition) is 2. The van der Waals surface area contributed by atoms with Crippen LogP contribution in [0.2, 0.25) is 0 Å². The Balaban J connectivity index is 1.44. The number of carbonyl (C=O) groups is 1. The summed E-state index contributed by atoms with van der Waals surface area (Å²) >= 11 is 0. The van der Waals surface area contributed by atoms with Crippen LogP contribution in [0, 0.1) is 11.7 Å². The fourth-order valence-corrected chi connectivity index (χ4v) is 4.21. The van der Waals surface area contributed by atoms with Crippen LogP contribution in [0.4, 0.5) is 4.39 Å². The minimum Gasteiger partial charge on any atom is -0.370 e. The fraction of sp³-hybridized carbons (Fsp3) is 0.611. The standard InChI is InChI=1S/C18H24FN3O2/c19-13-7-5-12(6-8-13)16-11-22(9-10-24-16)18(23)17-14-3-1-2-4-15(14)20-21-17/h5-8,14-17,20-21H,1-4,9-11H2. The van der Waals surface area contributed by atoms with Crippen LogP contribution in [-0.4, -0.2) is 42.6 Å². The van der Waals surface area contributed by atoms with Crippen molar-refractivity contribution in [3.63, 3.8) is 0 Å². The number of carbonyl (C=O) groups excluding carboxylic acids is 1. The minimum absolute atomic E-state index is 0.137. The molecule has 6 heteroatoms. The molecule has 1 aromatic rings. The van der Waals surface area contributed by atoms with Gasteiger partial charge in [-0.3, -0.25) is 10.2 Å². The maximum atomic E-state index is 13.1. The smallest absolute Gasteiger partial charge is 0.241 e. The molecule has 2 heterocycles. The number of hydrazine groups is 1. The van der Waals surface area contributed by atoms with E-state index in [-0.39, 0.29) is 23.9 Å². The highest BCUT2D eigenvalue weighted by atomic mass is 19.1. The second-order valence-electron chi connectivity index (χ2n) is 7.02. The number of benzene rings is 1. The molecule has 3 fully saturated rings. The zero-order valence-electron chi connectivity index (χ0n) is 13.7. The van der Waals surface area contributed by atoms with E-state index < -0.39 is 0 Å². The molecular formula is C18H24FN3O2. The van der Waals surface area contributed by atoms with Gasteiger partial charge in [-0.1, -0.05) is 25.0 Å². The van der Waals surface area contributed by atoms with Crippen LogP contribution in [0.25, 0.3) is 0 Å². The summed E-state index contributed by atoms with van der Waals surface area (Å²) in [5.41, 5.74) is 7.45. The third-order valence-corrected chi connectivity index (χ3v) is 5.56. The summed E-state index contributed by atoms with van der Waals surface area (Å²) in [6, 6.07) is 6.63. The third-order valence-electron chi connectivity index (χ3n) is 5.56. The Morgan fingerprint density at radius 2 is 1.96 bits per heavy atom. The van der Waals surface area contributed by atoms with Crippen LogP contribution < -0.4 is 10.9 Å². The van der Waals surface area contributed by atoms with Crippen molar-refractivity contribution >= 4 is 5.91 Å². The van der Waals surface area contributed by atoms with E-state index in [2.05, 4.69) is 10.9 Å². The maximum Gasteiger partial charge on any atom is 0.241 e. The highest BCUT2D eigenvalue weighted by Crippen LogP contribution is 2.32. The molecule has 24 heavy (non-hydrogen) atoms. The molecule has 5 nitrogen and oxygen atoms in total. The van der Waals surface area contributed by atoms with Gasteiger partial charge in [-0.05, 0) is 30.5 Å². The molecule has 1 saturated carbocycles. The van der Waals surface area contributed by atoms with Gasteiger partial charge >= 0.3 is 0 Å². The minimum atomic E-state index is -0.257. The SMILES string of the molecule is O=C(C1NNC2CCCCC21)N1CCOC(c2ccc(F)cc2)C1. The van der Waals surface area contributed by atoms with Gasteiger partial charge in [0.05, 0.1) is 13.2 Å². The molecule has 2 saturated heterocycles. The molecule has 4 atom stereocenters. The summed E-state index contributed by atoms with van der Waals surface area (Å²) in [7, 11) is 0. The van der Waals surface area contributed by atoms with Crippen LogP contribution in [0.15, 0.2) is 24.3 Å². The van der Waals surface area contributed by atoms with E-state index in [1.54, 1.807) is 12.1 Å². The molecule has 0 spiro atoms. The van der Waals surface area contributed by atoms with Crippen LogP contribution in [0.3, 0.4) is 0 Å². The van der Waals surface area contributed by atoms with Crippen LogP contribution in [-0.2, 0) is 9.53 Å². The molecule has 4 unspecified atom stereocenters. The average Bonchev–Trinajstić information content (AvgIpc) is 3.06. The van der Waals surface area contributed by atoms with Gasteiger partial charge in [-0.25, -0.2) is 9.82 Å². The van der Waals surface area contributed by atoms with Gasteiger partial charge in [-0.2, -0.15) is 0 Å². The summed E-state index contributed by atoms with van der Waals surface area (Å²) in [6.07, 6.45) is 4.51. The number of amides is 1. The molecule has 0 bridgehead atoms. The first kappa shape index (κ1) is 16.0. The van der Waals surface area contributed by atoms with Crippen LogP contribution in [0.5, 0.6) is 0 Å². The van der Waals surface area contributed by atoms with Gasteiger partial charge in [0, 0.05) is 18.5 Å². The number of morpholine rings is 1. The maximum absolute atomic E-state index is 13.1. The van der Waals surface area contributed by atoms with Gasteiger partial charge in [0.25, 0.3) is 0 Å². The monoisotopic (exact) mass is 333 g/mol. The van der Waals surface area contributed by atoms with Crippen molar-refractivity contribution in [2.75, 3.05) is 19.7 Å². The van der Waals surface area contributed by atoms with Crippen molar-refractivity contribution in [3.8, 4) is 0 Å². The molecule has 1 aromatic carbocycles. The van der Waals surface area contributed by atoms with Crippen LogP contribution >= 0.6 is 0 Å². The number of hydrogen-bond acceptors (Lipinski definition) is 4. The molecular weight excluding hydrogens is 309 g/mol. The Hall–Kier alpha value is -1.50. The van der Waals surface area contributed by atoms with Gasteiger partial charge < -0.3 is 9.64 Å². The number of halogens is 1. The van der Waals surface area contributed by atoms with E-state index in [1.807, 2.05) is 4.90 Å². The van der Waals surface area contributed by atoms with E-state index in [1.165, 1.54) is 25.0 Å². The van der Waals surface area contributed by atoms with E-state index in [4.69, 9.17) is 4.74 Å². The van der Waals surface area contributed by atoms with Crippen LogP contribution in [0.1, 0.15) is 37.4 Å². The Kier molecular flexibility index (Phi) is 4.52. The predicted octanol–water partition coefficient (Wildman–Crippen LogP) is 1.76. The molecule has 0 radical (unpaired) electrons. The van der Waals surface area contributed by atoms with Crippen molar-refractivity contribution in [1.82, 2.24) is 15.8 Å². The lowest BCUT2D eigenvalue weighted by Gasteiger charge is -2.36. The lowest BCUT2D eigenvalue weighted by molar-refractivity contribution is -0.142. The van der Waals surface area contributed by atoms with Crippen molar-refractivity contribution in [2.24, 2.45) is 5.92 Å². The molecule has 3 aliphatic rings. The first-order chi connectivity index (χ1) is 11.7. The molecule has 130 valence electrons. The Morgan fingerprint density at radius 3 is 2.79 bits per heavy atom. The zero-order valence-corrected chi connectivity index (χ0v) is 13.7. The number of nitrogens with zero attached hydrogens (tertiary/aromatic N) is 1. The van der Waals surface area contributed by atoms with Gasteiger partial charge in [-0.15, -0.1) is 0 Å². The quantitative estimate of drug-likeness (QED) is 0.866. The second-order valence-corrected chi connectivity index (χ2v) is 7.02. The van der Waals surface area contributed by atoms with Crippen molar-refractivity contribution in [3.05, 3.63) is 35.6 Å². The second kappa shape index (κ2) is 6.78. The Morgan fingerprint density at radius 1 is 1.17 bits per heavy atom. The highest BCUT2D eigenvalue weighted by Gasteiger charge is 2.43. The lowest BCUT2D eigenvalue weighted by atomic mass is 9.81. The fourth-order valence-electron chi connectivity index (χ4n) is 4.21. The van der Waals surface area contributed by atoms with Gasteiger partial charge in [0.1, 0.15) is 18.0 Å². The third kappa shape index (κ3) is 3.06. The molecule has 1 aliphatic carbocycles. The van der Waals surface area contributed by atoms with E-state index >= 15 is 0 Å². The summed E-state index contributed by atoms with van der Waals surface area (Å²) < 4.78 is 18.9. The Labute approximate surface area is 141 Å². The van der Waals surface area contributed by atoms with Crippen molar-refractivity contribution in [2.45, 2.75) is 43.9 Å². The zero-order chi connectivity index (χ0) is 16.5. The predicted molar refractivity (Wildman–Crippen MR) is 87.5 cm³/mol. The van der Waals surface area contributed by atoms with E-state index in [0.717, 1.165) is 18.4 Å². The van der Waals surface area contributed by atoms with Crippen molar-refractivity contribution in [1.29, 1.82) is 0 Å². The summed E-state index contributed by atoms with van der Waals surface area (Å²) in [4.78, 5) is 14.9. The lowest BCUT2D eigenvalue weighted by Crippen LogP contribution is -2.52. The molecule has 0 aromatic heterocycles. The van der Waals surface area contributed by atoms with Gasteiger partial charge in [0.15, 0.2) is 0 Å². The number of ether oxygens (including phenoxy) is 1. The first-order valence-corrected chi connectivity index (χ1v) is 8.89. The Bertz CT molecular complexity index is 594. The normalized spacial score (nSPS) is 33.3. The highest BCUT2D eigenvalue weighted by molar-refractivity contribution is 5.82. The number of nitrogens with one attached hydrogen (secondary N) is 2. The van der Waals surface area contributed by atoms with Crippen molar-refractivity contribution < 1.29 is 13.9 Å². The largest absolute Gasteiger partial charge is 0.370 e. The van der Waals surface area contributed by atoms with Gasteiger partial charge in [0.2, 0.25) is 5.91 Å². The summed E-state index contributed by atoms with van der Waals surface area (Å²) in [5, 5.41) is 0. The molecule has 4 rings (SSSR count). The number of fused-ring (bicyclic) bond motifs is 1. The first-order valence-electron chi connectivity index (χ1n) is 8.89. The van der Waals surface area contributed by atoms with E-state index in [0.29, 0.717) is 31.7 Å². The topological polar surface area (TPSA) is 53.6 Å².